The van der Waals surface area contributed by atoms with E-state index in [4.69, 9.17) is 5.84 Å². The average Bonchev–Trinajstić information content (AvgIpc) is 2.45. The highest BCUT2D eigenvalue weighted by Gasteiger charge is 2.22. The summed E-state index contributed by atoms with van der Waals surface area (Å²) in [6, 6.07) is 0. The van der Waals surface area contributed by atoms with Gasteiger partial charge in [-0.2, -0.15) is 0 Å². The number of aliphatic hydroxyl groups is 1. The molecule has 1 rings (SSSR count). The van der Waals surface area contributed by atoms with Gasteiger partial charge in [-0.15, -0.1) is 0 Å². The first-order valence-corrected chi connectivity index (χ1v) is 8.28. The summed E-state index contributed by atoms with van der Waals surface area (Å²) in [5.41, 5.74) is 0. The monoisotopic (exact) mass is 284 g/mol. The molecule has 1 aliphatic rings. The molecule has 4 nitrogen and oxygen atoms in total. The van der Waals surface area contributed by atoms with Gasteiger partial charge in [-0.3, -0.25) is 9.80 Å². The quantitative estimate of drug-likeness (QED) is 0.409. The molecule has 1 fully saturated rings. The smallest absolute Gasteiger partial charge is 0.239 e. The van der Waals surface area contributed by atoms with Gasteiger partial charge in [0, 0.05) is 12.5 Å². The van der Waals surface area contributed by atoms with Crippen LogP contribution in [0.15, 0.2) is 0 Å². The van der Waals surface area contributed by atoms with Gasteiger partial charge in [0.25, 0.3) is 0 Å². The Labute approximate surface area is 123 Å². The Hall–Kier alpha value is -0.610. The third-order valence-corrected chi connectivity index (χ3v) is 4.43. The van der Waals surface area contributed by atoms with E-state index in [-0.39, 0.29) is 17.9 Å². The molecule has 0 radical (unpaired) electrons. The number of hydrogen-bond donors (Lipinski definition) is 2. The van der Waals surface area contributed by atoms with Crippen LogP contribution in [-0.2, 0) is 4.79 Å². The van der Waals surface area contributed by atoms with Crippen molar-refractivity contribution in [2.24, 2.45) is 17.7 Å². The van der Waals surface area contributed by atoms with Gasteiger partial charge in [0.1, 0.15) is 0 Å². The molecule has 0 saturated heterocycles. The molecule has 0 aromatic rings. The van der Waals surface area contributed by atoms with E-state index in [1.54, 1.807) is 0 Å². The van der Waals surface area contributed by atoms with Gasteiger partial charge in [0.2, 0.25) is 5.91 Å². The number of hydrazine groups is 1. The first kappa shape index (κ1) is 17.4. The number of amides is 1. The molecule has 1 saturated carbocycles. The van der Waals surface area contributed by atoms with Crippen molar-refractivity contribution in [1.29, 1.82) is 0 Å². The second-order valence-corrected chi connectivity index (χ2v) is 6.40. The van der Waals surface area contributed by atoms with Crippen LogP contribution < -0.4 is 5.84 Å². The maximum absolute atomic E-state index is 12.0. The molecule has 4 heteroatoms. The molecule has 1 amide bonds. The fourth-order valence-corrected chi connectivity index (χ4v) is 3.16. The first-order valence-electron chi connectivity index (χ1n) is 8.28. The summed E-state index contributed by atoms with van der Waals surface area (Å²) >= 11 is 0. The van der Waals surface area contributed by atoms with Gasteiger partial charge in [0.05, 0.1) is 6.10 Å². The summed E-state index contributed by atoms with van der Waals surface area (Å²) in [6.45, 7) is 4.44. The molecule has 0 spiro atoms. The number of nitrogens with zero attached hydrogens (tertiary/aromatic N) is 1. The van der Waals surface area contributed by atoms with E-state index in [2.05, 4.69) is 0 Å². The minimum atomic E-state index is -0.370. The lowest BCUT2D eigenvalue weighted by atomic mass is 9.85. The Morgan fingerprint density at radius 2 is 2.00 bits per heavy atom. The van der Waals surface area contributed by atoms with Crippen molar-refractivity contribution in [2.75, 3.05) is 6.54 Å². The largest absolute Gasteiger partial charge is 0.393 e. The normalized spacial score (nSPS) is 19.6. The van der Waals surface area contributed by atoms with Gasteiger partial charge in [-0.25, -0.2) is 5.84 Å². The summed E-state index contributed by atoms with van der Waals surface area (Å²) < 4.78 is 0. The van der Waals surface area contributed by atoms with E-state index in [1.807, 2.05) is 13.8 Å². The van der Waals surface area contributed by atoms with Crippen LogP contribution in [-0.4, -0.2) is 28.7 Å². The predicted molar refractivity (Wildman–Crippen MR) is 81.8 cm³/mol. The minimum Gasteiger partial charge on any atom is -0.393 e. The van der Waals surface area contributed by atoms with Crippen LogP contribution in [0.25, 0.3) is 0 Å². The van der Waals surface area contributed by atoms with Crippen molar-refractivity contribution in [1.82, 2.24) is 5.01 Å². The van der Waals surface area contributed by atoms with Crippen molar-refractivity contribution >= 4 is 5.91 Å². The maximum atomic E-state index is 12.0. The summed E-state index contributed by atoms with van der Waals surface area (Å²) in [5.74, 6) is 6.25. The zero-order chi connectivity index (χ0) is 15.0. The van der Waals surface area contributed by atoms with Crippen LogP contribution in [0.4, 0.5) is 0 Å². The molecule has 0 aromatic carbocycles. The standard InChI is InChI=1S/C16H32N2O2/c1-3-11-18(17)16(20)13(2)12-15(19)10-9-14-7-5-4-6-8-14/h13-15,19H,3-12,17H2,1-2H3. The van der Waals surface area contributed by atoms with Gasteiger partial charge in [-0.1, -0.05) is 46.0 Å². The zero-order valence-corrected chi connectivity index (χ0v) is 13.2. The molecule has 0 aliphatic heterocycles. The van der Waals surface area contributed by atoms with E-state index in [0.717, 1.165) is 25.2 Å². The molecular weight excluding hydrogens is 252 g/mol. The number of carbonyl (C=O) groups excluding carboxylic acids is 1. The number of nitrogens with two attached hydrogens (primary N) is 1. The van der Waals surface area contributed by atoms with Gasteiger partial charge < -0.3 is 5.11 Å². The van der Waals surface area contributed by atoms with Crippen molar-refractivity contribution in [3.63, 3.8) is 0 Å². The highest BCUT2D eigenvalue weighted by atomic mass is 16.3. The van der Waals surface area contributed by atoms with Crippen LogP contribution >= 0.6 is 0 Å². The van der Waals surface area contributed by atoms with Crippen LogP contribution in [0, 0.1) is 11.8 Å². The van der Waals surface area contributed by atoms with E-state index < -0.39 is 0 Å². The Balaban J connectivity index is 2.22. The highest BCUT2D eigenvalue weighted by Crippen LogP contribution is 2.28. The number of hydrogen-bond acceptors (Lipinski definition) is 3. The SMILES string of the molecule is CCCN(N)C(=O)C(C)CC(O)CCC1CCCCC1. The fraction of sp³-hybridized carbons (Fsp3) is 0.938. The lowest BCUT2D eigenvalue weighted by Gasteiger charge is -2.24. The lowest BCUT2D eigenvalue weighted by Crippen LogP contribution is -2.42. The van der Waals surface area contributed by atoms with Gasteiger partial charge in [-0.05, 0) is 31.6 Å². The second-order valence-electron chi connectivity index (χ2n) is 6.40. The molecule has 118 valence electrons. The molecular formula is C16H32N2O2. The Morgan fingerprint density at radius 1 is 1.35 bits per heavy atom. The van der Waals surface area contributed by atoms with Crippen molar-refractivity contribution in [3.8, 4) is 0 Å². The van der Waals surface area contributed by atoms with E-state index in [9.17, 15) is 9.90 Å². The summed E-state index contributed by atoms with van der Waals surface area (Å²) in [4.78, 5) is 12.0. The molecule has 2 unspecified atom stereocenters. The highest BCUT2D eigenvalue weighted by molar-refractivity contribution is 5.77. The second kappa shape index (κ2) is 9.35. The molecule has 1 aliphatic carbocycles. The van der Waals surface area contributed by atoms with Crippen molar-refractivity contribution in [3.05, 3.63) is 0 Å². The third kappa shape index (κ3) is 6.23. The molecule has 0 heterocycles. The van der Waals surface area contributed by atoms with Crippen molar-refractivity contribution < 1.29 is 9.90 Å². The van der Waals surface area contributed by atoms with Gasteiger partial charge >= 0.3 is 0 Å². The van der Waals surface area contributed by atoms with E-state index in [1.165, 1.54) is 37.1 Å². The minimum absolute atomic E-state index is 0.0523. The van der Waals surface area contributed by atoms with Crippen molar-refractivity contribution in [2.45, 2.75) is 77.7 Å². The third-order valence-electron chi connectivity index (χ3n) is 4.43. The van der Waals surface area contributed by atoms with Crippen LogP contribution in [0.1, 0.15) is 71.6 Å². The summed E-state index contributed by atoms with van der Waals surface area (Å²) in [5, 5.41) is 11.4. The van der Waals surface area contributed by atoms with Gasteiger partial charge in [0.15, 0.2) is 0 Å². The van der Waals surface area contributed by atoms with Crippen LogP contribution in [0.5, 0.6) is 0 Å². The maximum Gasteiger partial charge on any atom is 0.239 e. The van der Waals surface area contributed by atoms with E-state index >= 15 is 0 Å². The Bertz CT molecular complexity index is 278. The predicted octanol–water partition coefficient (Wildman–Crippen LogP) is 2.85. The number of rotatable bonds is 8. The summed E-state index contributed by atoms with van der Waals surface area (Å²) in [6.07, 6.45) is 9.62. The first-order chi connectivity index (χ1) is 9.54. The lowest BCUT2D eigenvalue weighted by molar-refractivity contribution is -0.136. The zero-order valence-electron chi connectivity index (χ0n) is 13.2. The molecule has 2 atom stereocenters. The number of carbonyl (C=O) groups is 1. The van der Waals surface area contributed by atoms with Crippen LogP contribution in [0.3, 0.4) is 0 Å². The fourth-order valence-electron chi connectivity index (χ4n) is 3.16. The Morgan fingerprint density at radius 3 is 2.60 bits per heavy atom. The molecule has 3 N–H and O–H groups in total. The van der Waals surface area contributed by atoms with E-state index in [0.29, 0.717) is 13.0 Å². The molecule has 0 bridgehead atoms. The topological polar surface area (TPSA) is 66.6 Å². The van der Waals surface area contributed by atoms with Crippen LogP contribution in [0.2, 0.25) is 0 Å². The average molecular weight is 284 g/mol. The molecule has 0 aromatic heterocycles. The Kier molecular flexibility index (Phi) is 8.15. The molecule has 20 heavy (non-hydrogen) atoms. The number of aliphatic hydroxyl groups excluding tert-OH is 1. The summed E-state index contributed by atoms with van der Waals surface area (Å²) in [7, 11) is 0.